The summed E-state index contributed by atoms with van der Waals surface area (Å²) < 4.78 is 28.2. The molecule has 134 valence electrons. The Hall–Kier alpha value is -3.45. The Kier molecular flexibility index (Phi) is 4.43. The van der Waals surface area contributed by atoms with Gasteiger partial charge in [0.25, 0.3) is 10.0 Å². The zero-order chi connectivity index (χ0) is 18.7. The van der Waals surface area contributed by atoms with E-state index in [0.717, 1.165) is 11.1 Å². The SMILES string of the molecule is O=S(=O)(Nc1ccccc1-n1nccn1)c1ccc(-c2ccccc2)cc1. The number of sulfonamides is 1. The maximum atomic E-state index is 12.8. The van der Waals surface area contributed by atoms with Gasteiger partial charge in [-0.15, -0.1) is 4.80 Å². The van der Waals surface area contributed by atoms with Crippen molar-refractivity contribution in [2.45, 2.75) is 4.90 Å². The summed E-state index contributed by atoms with van der Waals surface area (Å²) in [6.45, 7) is 0. The molecule has 4 aromatic rings. The highest BCUT2D eigenvalue weighted by Gasteiger charge is 2.17. The fourth-order valence-corrected chi connectivity index (χ4v) is 3.81. The number of para-hydroxylation sites is 2. The normalized spacial score (nSPS) is 11.3. The number of rotatable bonds is 5. The monoisotopic (exact) mass is 376 g/mol. The molecular formula is C20H16N4O2S. The van der Waals surface area contributed by atoms with Crippen LogP contribution in [0.4, 0.5) is 5.69 Å². The first-order valence-electron chi connectivity index (χ1n) is 8.27. The van der Waals surface area contributed by atoms with E-state index in [1.165, 1.54) is 17.2 Å². The number of benzene rings is 3. The van der Waals surface area contributed by atoms with Gasteiger partial charge in [-0.3, -0.25) is 4.72 Å². The summed E-state index contributed by atoms with van der Waals surface area (Å²) in [6, 6.07) is 23.6. The zero-order valence-corrected chi connectivity index (χ0v) is 15.0. The van der Waals surface area contributed by atoms with Crippen molar-refractivity contribution < 1.29 is 8.42 Å². The lowest BCUT2D eigenvalue weighted by molar-refractivity contribution is 0.601. The minimum absolute atomic E-state index is 0.186. The molecule has 0 saturated carbocycles. The largest absolute Gasteiger partial charge is 0.277 e. The van der Waals surface area contributed by atoms with Crippen LogP contribution in [-0.2, 0) is 10.0 Å². The number of hydrogen-bond acceptors (Lipinski definition) is 4. The molecule has 0 unspecified atom stereocenters. The first-order valence-corrected chi connectivity index (χ1v) is 9.76. The molecule has 0 spiro atoms. The molecule has 1 aromatic heterocycles. The lowest BCUT2D eigenvalue weighted by Gasteiger charge is -2.12. The summed E-state index contributed by atoms with van der Waals surface area (Å²) in [5.74, 6) is 0. The quantitative estimate of drug-likeness (QED) is 0.576. The van der Waals surface area contributed by atoms with Crippen LogP contribution in [-0.4, -0.2) is 23.4 Å². The molecule has 1 N–H and O–H groups in total. The molecule has 0 saturated heterocycles. The van der Waals surface area contributed by atoms with Gasteiger partial charge in [0, 0.05) is 0 Å². The summed E-state index contributed by atoms with van der Waals surface area (Å²) in [5.41, 5.74) is 2.94. The van der Waals surface area contributed by atoms with E-state index < -0.39 is 10.0 Å². The second-order valence-electron chi connectivity index (χ2n) is 5.83. The van der Waals surface area contributed by atoms with E-state index in [-0.39, 0.29) is 4.90 Å². The second kappa shape index (κ2) is 7.05. The molecular weight excluding hydrogens is 360 g/mol. The number of nitrogens with one attached hydrogen (secondary N) is 1. The summed E-state index contributed by atoms with van der Waals surface area (Å²) in [5, 5.41) is 8.13. The van der Waals surface area contributed by atoms with Crippen molar-refractivity contribution in [2.24, 2.45) is 0 Å². The van der Waals surface area contributed by atoms with Gasteiger partial charge < -0.3 is 0 Å². The minimum Gasteiger partial charge on any atom is -0.277 e. The highest BCUT2D eigenvalue weighted by Crippen LogP contribution is 2.24. The van der Waals surface area contributed by atoms with Gasteiger partial charge in [-0.1, -0.05) is 54.6 Å². The van der Waals surface area contributed by atoms with Gasteiger partial charge in [-0.2, -0.15) is 10.2 Å². The van der Waals surface area contributed by atoms with Crippen molar-refractivity contribution >= 4 is 15.7 Å². The first-order chi connectivity index (χ1) is 13.1. The van der Waals surface area contributed by atoms with Gasteiger partial charge in [0.05, 0.1) is 23.0 Å². The third kappa shape index (κ3) is 3.58. The smallest absolute Gasteiger partial charge is 0.261 e. The van der Waals surface area contributed by atoms with Crippen molar-refractivity contribution in [2.75, 3.05) is 4.72 Å². The molecule has 0 fully saturated rings. The van der Waals surface area contributed by atoms with Crippen LogP contribution in [0.1, 0.15) is 0 Å². The predicted octanol–water partition coefficient (Wildman–Crippen LogP) is 3.74. The molecule has 27 heavy (non-hydrogen) atoms. The molecule has 0 amide bonds. The van der Waals surface area contributed by atoms with Gasteiger partial charge in [-0.05, 0) is 35.4 Å². The number of hydrogen-bond donors (Lipinski definition) is 1. The highest BCUT2D eigenvalue weighted by molar-refractivity contribution is 7.92. The van der Waals surface area contributed by atoms with Crippen LogP contribution < -0.4 is 4.72 Å². The van der Waals surface area contributed by atoms with E-state index >= 15 is 0 Å². The highest BCUT2D eigenvalue weighted by atomic mass is 32.2. The number of aromatic nitrogens is 3. The molecule has 0 radical (unpaired) electrons. The van der Waals surface area contributed by atoms with Crippen LogP contribution in [0, 0.1) is 0 Å². The Labute approximate surface area is 157 Å². The fourth-order valence-electron chi connectivity index (χ4n) is 2.74. The van der Waals surface area contributed by atoms with Crippen molar-refractivity contribution in [1.29, 1.82) is 0 Å². The Morgan fingerprint density at radius 2 is 1.30 bits per heavy atom. The lowest BCUT2D eigenvalue weighted by atomic mass is 10.1. The molecule has 0 aliphatic rings. The van der Waals surface area contributed by atoms with Crippen LogP contribution in [0.5, 0.6) is 0 Å². The van der Waals surface area contributed by atoms with Crippen LogP contribution >= 0.6 is 0 Å². The van der Waals surface area contributed by atoms with E-state index in [9.17, 15) is 8.42 Å². The summed E-state index contributed by atoms with van der Waals surface area (Å²) in [7, 11) is -3.74. The summed E-state index contributed by atoms with van der Waals surface area (Å²) in [6.07, 6.45) is 3.07. The van der Waals surface area contributed by atoms with Crippen molar-refractivity contribution in [3.63, 3.8) is 0 Å². The minimum atomic E-state index is -3.74. The van der Waals surface area contributed by atoms with Crippen LogP contribution in [0.15, 0.2) is 96.2 Å². The molecule has 0 bridgehead atoms. The zero-order valence-electron chi connectivity index (χ0n) is 14.2. The van der Waals surface area contributed by atoms with Gasteiger partial charge >= 0.3 is 0 Å². The van der Waals surface area contributed by atoms with Gasteiger partial charge in [0.1, 0.15) is 5.69 Å². The first kappa shape index (κ1) is 17.0. The van der Waals surface area contributed by atoms with Crippen LogP contribution in [0.3, 0.4) is 0 Å². The Bertz CT molecular complexity index is 1140. The van der Waals surface area contributed by atoms with E-state index in [4.69, 9.17) is 0 Å². The van der Waals surface area contributed by atoms with Gasteiger partial charge in [0.2, 0.25) is 0 Å². The standard InChI is InChI=1S/C20H16N4O2S/c25-27(26,18-12-10-17(11-13-18)16-6-2-1-3-7-16)23-19-8-4-5-9-20(19)24-21-14-15-22-24/h1-15,23H. The van der Waals surface area contributed by atoms with Crippen molar-refractivity contribution in [3.8, 4) is 16.8 Å². The lowest BCUT2D eigenvalue weighted by Crippen LogP contribution is -2.15. The van der Waals surface area contributed by atoms with E-state index in [1.807, 2.05) is 30.3 Å². The molecule has 6 nitrogen and oxygen atoms in total. The molecule has 4 rings (SSSR count). The average molecular weight is 376 g/mol. The molecule has 7 heteroatoms. The Morgan fingerprint density at radius 3 is 2.00 bits per heavy atom. The maximum absolute atomic E-state index is 12.8. The molecule has 0 atom stereocenters. The van der Waals surface area contributed by atoms with E-state index in [1.54, 1.807) is 48.5 Å². The van der Waals surface area contributed by atoms with Crippen molar-refractivity contribution in [3.05, 3.63) is 91.3 Å². The molecule has 0 aliphatic heterocycles. The Morgan fingerprint density at radius 1 is 0.704 bits per heavy atom. The second-order valence-corrected chi connectivity index (χ2v) is 7.51. The molecule has 3 aromatic carbocycles. The molecule has 1 heterocycles. The Balaban J connectivity index is 1.64. The average Bonchev–Trinajstić information content (AvgIpc) is 3.24. The van der Waals surface area contributed by atoms with E-state index in [2.05, 4.69) is 14.9 Å². The number of anilines is 1. The molecule has 0 aliphatic carbocycles. The van der Waals surface area contributed by atoms with E-state index in [0.29, 0.717) is 11.4 Å². The van der Waals surface area contributed by atoms with Crippen molar-refractivity contribution in [1.82, 2.24) is 15.0 Å². The topological polar surface area (TPSA) is 76.9 Å². The summed E-state index contributed by atoms with van der Waals surface area (Å²) >= 11 is 0. The third-order valence-electron chi connectivity index (χ3n) is 4.05. The van der Waals surface area contributed by atoms with Gasteiger partial charge in [0.15, 0.2) is 0 Å². The van der Waals surface area contributed by atoms with Gasteiger partial charge in [-0.25, -0.2) is 8.42 Å². The third-order valence-corrected chi connectivity index (χ3v) is 5.44. The fraction of sp³-hybridized carbons (Fsp3) is 0. The van der Waals surface area contributed by atoms with Crippen LogP contribution in [0.2, 0.25) is 0 Å². The number of nitrogens with zero attached hydrogens (tertiary/aromatic N) is 3. The summed E-state index contributed by atoms with van der Waals surface area (Å²) in [4.78, 5) is 1.56. The predicted molar refractivity (Wildman–Crippen MR) is 104 cm³/mol. The maximum Gasteiger partial charge on any atom is 0.261 e. The van der Waals surface area contributed by atoms with Crippen LogP contribution in [0.25, 0.3) is 16.8 Å².